The van der Waals surface area contributed by atoms with Gasteiger partial charge in [-0.1, -0.05) is 44.2 Å². The Morgan fingerprint density at radius 3 is 2.42 bits per heavy atom. The summed E-state index contributed by atoms with van der Waals surface area (Å²) in [6.45, 7) is 5.40. The normalized spacial score (nSPS) is 12.9. The second kappa shape index (κ2) is 8.53. The first-order valence-electron chi connectivity index (χ1n) is 8.24. The quantitative estimate of drug-likeness (QED) is 0.588. The zero-order valence-corrected chi connectivity index (χ0v) is 15.8. The van der Waals surface area contributed by atoms with Gasteiger partial charge in [0.1, 0.15) is 0 Å². The standard InChI is InChI=1S/C18H23F3N4S/c1-17(2,13-7-5-4-6-8-13)12-24-16(22-3)23-10-9-15-25-14(11-26-15)18(19,20)21/h4-8,11H,9-10,12H2,1-3H3,(H2,22,23,24). The van der Waals surface area contributed by atoms with E-state index >= 15 is 0 Å². The molecule has 8 heteroatoms. The molecule has 0 unspecified atom stereocenters. The van der Waals surface area contributed by atoms with E-state index in [1.54, 1.807) is 7.05 Å². The molecule has 2 rings (SSSR count). The summed E-state index contributed by atoms with van der Waals surface area (Å²) < 4.78 is 37.7. The van der Waals surface area contributed by atoms with Gasteiger partial charge in [-0.2, -0.15) is 13.2 Å². The van der Waals surface area contributed by atoms with Crippen molar-refractivity contribution in [2.75, 3.05) is 20.1 Å². The Bertz CT molecular complexity index is 724. The van der Waals surface area contributed by atoms with Crippen molar-refractivity contribution < 1.29 is 13.2 Å². The van der Waals surface area contributed by atoms with Crippen LogP contribution in [0.5, 0.6) is 0 Å². The summed E-state index contributed by atoms with van der Waals surface area (Å²) >= 11 is 1.02. The molecule has 26 heavy (non-hydrogen) atoms. The maximum Gasteiger partial charge on any atom is 0.434 e. The Hall–Kier alpha value is -2.09. The molecule has 0 radical (unpaired) electrons. The van der Waals surface area contributed by atoms with Gasteiger partial charge in [0, 0.05) is 37.4 Å². The number of nitrogens with zero attached hydrogens (tertiary/aromatic N) is 2. The Morgan fingerprint density at radius 1 is 1.15 bits per heavy atom. The van der Waals surface area contributed by atoms with Crippen molar-refractivity contribution in [3.05, 3.63) is 52.0 Å². The molecule has 4 nitrogen and oxygen atoms in total. The number of halogens is 3. The Morgan fingerprint density at radius 2 is 1.85 bits per heavy atom. The number of thiazole rings is 1. The van der Waals surface area contributed by atoms with E-state index in [9.17, 15) is 13.2 Å². The van der Waals surface area contributed by atoms with Gasteiger partial charge >= 0.3 is 6.18 Å². The summed E-state index contributed by atoms with van der Waals surface area (Å²) in [5, 5.41) is 7.88. The lowest BCUT2D eigenvalue weighted by atomic mass is 9.85. The minimum absolute atomic E-state index is 0.0875. The van der Waals surface area contributed by atoms with Crippen molar-refractivity contribution in [2.45, 2.75) is 31.9 Å². The molecule has 1 aromatic heterocycles. The Balaban J connectivity index is 1.82. The highest BCUT2D eigenvalue weighted by molar-refractivity contribution is 7.09. The zero-order valence-electron chi connectivity index (χ0n) is 15.0. The number of rotatable bonds is 6. The highest BCUT2D eigenvalue weighted by Gasteiger charge is 2.33. The van der Waals surface area contributed by atoms with Crippen LogP contribution in [0.4, 0.5) is 13.2 Å². The SMILES string of the molecule is CN=C(NCCc1nc(C(F)(F)F)cs1)NCC(C)(C)c1ccccc1. The minimum atomic E-state index is -4.39. The molecular weight excluding hydrogens is 361 g/mol. The van der Waals surface area contributed by atoms with Crippen molar-refractivity contribution in [3.63, 3.8) is 0 Å². The number of guanidine groups is 1. The van der Waals surface area contributed by atoms with Gasteiger partial charge in [0.2, 0.25) is 0 Å². The minimum Gasteiger partial charge on any atom is -0.356 e. The summed E-state index contributed by atoms with van der Waals surface area (Å²) in [6.07, 6.45) is -3.98. The molecule has 1 heterocycles. The van der Waals surface area contributed by atoms with Crippen molar-refractivity contribution in [2.24, 2.45) is 4.99 Å². The van der Waals surface area contributed by atoms with Gasteiger partial charge in [-0.05, 0) is 5.56 Å². The second-order valence-corrected chi connectivity index (χ2v) is 7.42. The van der Waals surface area contributed by atoms with Crippen LogP contribution in [0.2, 0.25) is 0 Å². The first-order valence-corrected chi connectivity index (χ1v) is 9.12. The molecule has 0 aliphatic carbocycles. The molecule has 0 saturated carbocycles. The van der Waals surface area contributed by atoms with E-state index in [0.717, 1.165) is 16.7 Å². The van der Waals surface area contributed by atoms with Crippen LogP contribution in [-0.4, -0.2) is 31.1 Å². The molecule has 0 spiro atoms. The molecule has 1 aromatic carbocycles. The fraction of sp³-hybridized carbons (Fsp3) is 0.444. The summed E-state index contributed by atoms with van der Waals surface area (Å²) in [5.41, 5.74) is 0.297. The molecule has 0 aliphatic heterocycles. The third-order valence-corrected chi connectivity index (χ3v) is 4.86. The molecule has 0 atom stereocenters. The van der Waals surface area contributed by atoms with Crippen LogP contribution >= 0.6 is 11.3 Å². The topological polar surface area (TPSA) is 49.3 Å². The van der Waals surface area contributed by atoms with Gasteiger partial charge < -0.3 is 10.6 Å². The van der Waals surface area contributed by atoms with Crippen LogP contribution in [0.3, 0.4) is 0 Å². The number of alkyl halides is 3. The van der Waals surface area contributed by atoms with Crippen LogP contribution in [0.1, 0.15) is 30.1 Å². The first-order chi connectivity index (χ1) is 12.2. The summed E-state index contributed by atoms with van der Waals surface area (Å²) in [7, 11) is 1.66. The smallest absolute Gasteiger partial charge is 0.356 e. The largest absolute Gasteiger partial charge is 0.434 e. The molecule has 0 aliphatic rings. The Labute approximate surface area is 155 Å². The van der Waals surface area contributed by atoms with Crippen LogP contribution in [0.25, 0.3) is 0 Å². The molecule has 0 fully saturated rings. The van der Waals surface area contributed by atoms with Gasteiger partial charge in [-0.3, -0.25) is 4.99 Å². The highest BCUT2D eigenvalue weighted by atomic mass is 32.1. The zero-order chi connectivity index (χ0) is 19.2. The van der Waals surface area contributed by atoms with Crippen molar-refractivity contribution >= 4 is 17.3 Å². The second-order valence-electron chi connectivity index (χ2n) is 6.48. The molecule has 2 N–H and O–H groups in total. The molecule has 0 saturated heterocycles. The van der Waals surface area contributed by atoms with E-state index in [1.165, 1.54) is 5.56 Å². The average Bonchev–Trinajstić information content (AvgIpc) is 3.08. The number of benzene rings is 1. The summed E-state index contributed by atoms with van der Waals surface area (Å²) in [5.74, 6) is 0.613. The van der Waals surface area contributed by atoms with Gasteiger partial charge in [-0.15, -0.1) is 11.3 Å². The number of hydrogen-bond donors (Lipinski definition) is 2. The average molecular weight is 384 g/mol. The number of aromatic nitrogens is 1. The van der Waals surface area contributed by atoms with E-state index in [1.807, 2.05) is 18.2 Å². The van der Waals surface area contributed by atoms with Crippen LogP contribution in [0, 0.1) is 0 Å². The fourth-order valence-electron chi connectivity index (χ4n) is 2.36. The third kappa shape index (κ3) is 5.72. The van der Waals surface area contributed by atoms with E-state index in [0.29, 0.717) is 30.5 Å². The lowest BCUT2D eigenvalue weighted by Gasteiger charge is -2.26. The fourth-order valence-corrected chi connectivity index (χ4v) is 3.17. The lowest BCUT2D eigenvalue weighted by molar-refractivity contribution is -0.140. The van der Waals surface area contributed by atoms with Crippen molar-refractivity contribution in [1.29, 1.82) is 0 Å². The van der Waals surface area contributed by atoms with Crippen LogP contribution < -0.4 is 10.6 Å². The molecule has 2 aromatic rings. The van der Waals surface area contributed by atoms with E-state index in [2.05, 4.69) is 46.6 Å². The number of hydrogen-bond acceptors (Lipinski definition) is 3. The van der Waals surface area contributed by atoms with Crippen LogP contribution in [-0.2, 0) is 18.0 Å². The maximum absolute atomic E-state index is 12.6. The summed E-state index contributed by atoms with van der Waals surface area (Å²) in [6, 6.07) is 10.2. The molecule has 0 bridgehead atoms. The van der Waals surface area contributed by atoms with E-state index in [4.69, 9.17) is 0 Å². The summed E-state index contributed by atoms with van der Waals surface area (Å²) in [4.78, 5) is 7.78. The molecule has 0 amide bonds. The van der Waals surface area contributed by atoms with Crippen LogP contribution in [0.15, 0.2) is 40.7 Å². The lowest BCUT2D eigenvalue weighted by Crippen LogP contribution is -2.44. The molecule has 142 valence electrons. The number of aliphatic imine (C=N–C) groups is 1. The van der Waals surface area contributed by atoms with Crippen molar-refractivity contribution in [3.8, 4) is 0 Å². The van der Waals surface area contributed by atoms with Gasteiger partial charge in [-0.25, -0.2) is 4.98 Å². The van der Waals surface area contributed by atoms with Gasteiger partial charge in [0.25, 0.3) is 0 Å². The molecular formula is C18H23F3N4S. The van der Waals surface area contributed by atoms with E-state index in [-0.39, 0.29) is 5.41 Å². The maximum atomic E-state index is 12.6. The predicted octanol–water partition coefficient (Wildman–Crippen LogP) is 3.85. The third-order valence-electron chi connectivity index (χ3n) is 3.95. The van der Waals surface area contributed by atoms with Gasteiger partial charge in [0.05, 0.1) is 5.01 Å². The van der Waals surface area contributed by atoms with Gasteiger partial charge in [0.15, 0.2) is 11.7 Å². The first kappa shape index (κ1) is 20.2. The monoisotopic (exact) mass is 384 g/mol. The predicted molar refractivity (Wildman–Crippen MR) is 99.7 cm³/mol. The highest BCUT2D eigenvalue weighted by Crippen LogP contribution is 2.30. The van der Waals surface area contributed by atoms with E-state index < -0.39 is 11.9 Å². The Kier molecular flexibility index (Phi) is 6.63. The number of nitrogens with one attached hydrogen (secondary N) is 2. The van der Waals surface area contributed by atoms with Crippen molar-refractivity contribution in [1.82, 2.24) is 15.6 Å².